The monoisotopic (exact) mass is 98.1 g/mol. The average molecular weight is 98.1 g/mol. The van der Waals surface area contributed by atoms with Crippen molar-refractivity contribution in [2.45, 2.75) is 26.0 Å². The molecular weight excluding hydrogens is 90.1 g/mol. The number of rotatable bonds is 0. The van der Waals surface area contributed by atoms with E-state index < -0.39 is 0 Å². The molecule has 2 heteroatoms. The molecule has 0 aromatic carbocycles. The van der Waals surface area contributed by atoms with E-state index >= 15 is 0 Å². The zero-order chi connectivity index (χ0) is 5.28. The summed E-state index contributed by atoms with van der Waals surface area (Å²) in [4.78, 5) is 3.84. The fourth-order valence-corrected chi connectivity index (χ4v) is 0.400. The molecule has 0 N–H and O–H groups in total. The van der Waals surface area contributed by atoms with Crippen molar-refractivity contribution in [2.24, 2.45) is 4.99 Å². The second-order valence-electron chi connectivity index (χ2n) is 1.78. The molecule has 0 aromatic rings. The van der Waals surface area contributed by atoms with Crippen LogP contribution in [0.1, 0.15) is 13.8 Å². The summed E-state index contributed by atoms with van der Waals surface area (Å²) in [5.41, 5.74) is 0. The van der Waals surface area contributed by atoms with Gasteiger partial charge in [0.05, 0.1) is 6.04 Å². The molecular formula is C5H8NO. The van der Waals surface area contributed by atoms with Gasteiger partial charge in [-0.25, -0.2) is 4.99 Å². The molecule has 0 bridgehead atoms. The summed E-state index contributed by atoms with van der Waals surface area (Å²) in [6, 6.07) is 0.306. The number of aliphatic imine (C=N–C) groups is 1. The zero-order valence-corrected chi connectivity index (χ0v) is 4.51. The van der Waals surface area contributed by atoms with E-state index in [-0.39, 0.29) is 6.10 Å². The molecule has 0 aromatic heterocycles. The van der Waals surface area contributed by atoms with Gasteiger partial charge in [0.1, 0.15) is 6.10 Å². The lowest BCUT2D eigenvalue weighted by atomic mass is 10.2. The van der Waals surface area contributed by atoms with E-state index in [1.807, 2.05) is 13.8 Å². The molecule has 1 heterocycles. The van der Waals surface area contributed by atoms with Gasteiger partial charge in [0, 0.05) is 0 Å². The Morgan fingerprint density at radius 2 is 2.29 bits per heavy atom. The van der Waals surface area contributed by atoms with Gasteiger partial charge in [0.25, 0.3) is 6.40 Å². The molecule has 2 atom stereocenters. The summed E-state index contributed by atoms with van der Waals surface area (Å²) in [5.74, 6) is 0. The van der Waals surface area contributed by atoms with Crippen LogP contribution in [0, 0.1) is 0 Å². The summed E-state index contributed by atoms with van der Waals surface area (Å²) in [5, 5.41) is 0. The average Bonchev–Trinajstić information content (AvgIpc) is 1.91. The third-order valence-electron chi connectivity index (χ3n) is 1.17. The van der Waals surface area contributed by atoms with Gasteiger partial charge in [0.15, 0.2) is 0 Å². The van der Waals surface area contributed by atoms with Gasteiger partial charge in [-0.15, -0.1) is 0 Å². The topological polar surface area (TPSA) is 21.6 Å². The fourth-order valence-electron chi connectivity index (χ4n) is 0.400. The maximum absolute atomic E-state index is 4.85. The van der Waals surface area contributed by atoms with Gasteiger partial charge in [-0.3, -0.25) is 0 Å². The Hall–Kier alpha value is -0.530. The molecule has 0 saturated heterocycles. The highest BCUT2D eigenvalue weighted by molar-refractivity contribution is 5.49. The molecule has 0 spiro atoms. The minimum atomic E-state index is 0.236. The van der Waals surface area contributed by atoms with Gasteiger partial charge in [-0.2, -0.15) is 0 Å². The van der Waals surface area contributed by atoms with Crippen LogP contribution in [-0.2, 0) is 4.74 Å². The van der Waals surface area contributed by atoms with Gasteiger partial charge < -0.3 is 4.74 Å². The second kappa shape index (κ2) is 1.52. The first-order valence-corrected chi connectivity index (χ1v) is 2.41. The molecule has 2 nitrogen and oxygen atoms in total. The van der Waals surface area contributed by atoms with Crippen molar-refractivity contribution < 1.29 is 4.74 Å². The maximum atomic E-state index is 4.85. The number of ether oxygens (including phenoxy) is 1. The van der Waals surface area contributed by atoms with E-state index in [1.54, 1.807) is 0 Å². The molecule has 0 amide bonds. The van der Waals surface area contributed by atoms with E-state index in [2.05, 4.69) is 11.4 Å². The van der Waals surface area contributed by atoms with E-state index in [0.717, 1.165) is 0 Å². The Balaban J connectivity index is 2.45. The third-order valence-corrected chi connectivity index (χ3v) is 1.17. The third kappa shape index (κ3) is 0.734. The highest BCUT2D eigenvalue weighted by Gasteiger charge is 2.15. The highest BCUT2D eigenvalue weighted by atomic mass is 16.5. The number of hydrogen-bond donors (Lipinski definition) is 0. The molecule has 0 fully saturated rings. The maximum Gasteiger partial charge on any atom is 0.273 e. The van der Waals surface area contributed by atoms with Gasteiger partial charge in [0.2, 0.25) is 0 Å². The van der Waals surface area contributed by atoms with Crippen molar-refractivity contribution in [1.82, 2.24) is 0 Å². The predicted molar refractivity (Wildman–Crippen MR) is 27.4 cm³/mol. The Morgan fingerprint density at radius 3 is 2.43 bits per heavy atom. The smallest absolute Gasteiger partial charge is 0.273 e. The first-order valence-electron chi connectivity index (χ1n) is 2.41. The first kappa shape index (κ1) is 4.62. The second-order valence-corrected chi connectivity index (χ2v) is 1.78. The van der Waals surface area contributed by atoms with Crippen LogP contribution in [0.2, 0.25) is 0 Å². The Kier molecular flexibility index (Phi) is 1.01. The first-order chi connectivity index (χ1) is 3.30. The number of hydrogen-bond acceptors (Lipinski definition) is 2. The Bertz CT molecular complexity index is 90.1. The minimum Gasteiger partial charge on any atom is -0.469 e. The van der Waals surface area contributed by atoms with Crippen molar-refractivity contribution in [1.29, 1.82) is 0 Å². The van der Waals surface area contributed by atoms with Gasteiger partial charge in [-0.1, -0.05) is 0 Å². The lowest BCUT2D eigenvalue weighted by Gasteiger charge is -2.03. The van der Waals surface area contributed by atoms with Gasteiger partial charge in [-0.05, 0) is 13.8 Å². The van der Waals surface area contributed by atoms with Crippen molar-refractivity contribution in [2.75, 3.05) is 0 Å². The molecule has 39 valence electrons. The fraction of sp³-hybridized carbons (Fsp3) is 0.800. The highest BCUT2D eigenvalue weighted by Crippen LogP contribution is 2.05. The van der Waals surface area contributed by atoms with Crippen molar-refractivity contribution in [3.05, 3.63) is 0 Å². The van der Waals surface area contributed by atoms with Crippen LogP contribution in [0.4, 0.5) is 0 Å². The largest absolute Gasteiger partial charge is 0.469 e. The summed E-state index contributed by atoms with van der Waals surface area (Å²) in [7, 11) is 0. The lowest BCUT2D eigenvalue weighted by molar-refractivity contribution is 0.227. The van der Waals surface area contributed by atoms with E-state index in [1.165, 1.54) is 0 Å². The van der Waals surface area contributed by atoms with Crippen LogP contribution >= 0.6 is 0 Å². The van der Waals surface area contributed by atoms with Crippen LogP contribution in [0.25, 0.3) is 0 Å². The summed E-state index contributed by atoms with van der Waals surface area (Å²) >= 11 is 0. The molecule has 2 unspecified atom stereocenters. The van der Waals surface area contributed by atoms with Gasteiger partial charge >= 0.3 is 0 Å². The minimum absolute atomic E-state index is 0.236. The van der Waals surface area contributed by atoms with E-state index in [9.17, 15) is 0 Å². The molecule has 0 saturated carbocycles. The molecule has 1 aliphatic rings. The Morgan fingerprint density at radius 1 is 1.57 bits per heavy atom. The summed E-state index contributed by atoms with van der Waals surface area (Å²) in [6.07, 6.45) is 2.68. The zero-order valence-electron chi connectivity index (χ0n) is 4.51. The van der Waals surface area contributed by atoms with E-state index in [0.29, 0.717) is 6.04 Å². The standard InChI is InChI=1S/C5H8NO/c1-4-5(2)7-3-6-4/h4-5H,1-2H3. The number of nitrogens with zero attached hydrogens (tertiary/aromatic N) is 1. The Labute approximate surface area is 43.2 Å². The van der Waals surface area contributed by atoms with E-state index in [4.69, 9.17) is 4.74 Å². The lowest BCUT2D eigenvalue weighted by Crippen LogP contribution is -2.12. The quantitative estimate of drug-likeness (QED) is 0.437. The van der Waals surface area contributed by atoms with Crippen molar-refractivity contribution in [3.8, 4) is 0 Å². The summed E-state index contributed by atoms with van der Waals surface area (Å²) < 4.78 is 4.85. The molecule has 1 aliphatic heterocycles. The van der Waals surface area contributed by atoms with Crippen LogP contribution in [0.5, 0.6) is 0 Å². The molecule has 1 rings (SSSR count). The SMILES string of the molecule is CC1N=[C]OC1C. The van der Waals surface area contributed by atoms with Crippen LogP contribution in [0.15, 0.2) is 4.99 Å². The van der Waals surface area contributed by atoms with Crippen LogP contribution < -0.4 is 0 Å². The van der Waals surface area contributed by atoms with Crippen LogP contribution in [0.3, 0.4) is 0 Å². The normalized spacial score (nSPS) is 38.6. The molecule has 0 aliphatic carbocycles. The summed E-state index contributed by atoms with van der Waals surface area (Å²) in [6.45, 7) is 3.98. The van der Waals surface area contributed by atoms with Crippen molar-refractivity contribution >= 4 is 6.40 Å². The molecule has 1 radical (unpaired) electrons. The molecule has 7 heavy (non-hydrogen) atoms. The van der Waals surface area contributed by atoms with Crippen molar-refractivity contribution in [3.63, 3.8) is 0 Å². The van der Waals surface area contributed by atoms with Crippen LogP contribution in [-0.4, -0.2) is 18.5 Å². The predicted octanol–water partition coefficient (Wildman–Crippen LogP) is 0.699.